The second kappa shape index (κ2) is 11.7. The van der Waals surface area contributed by atoms with E-state index in [2.05, 4.69) is 11.9 Å². The summed E-state index contributed by atoms with van der Waals surface area (Å²) in [7, 11) is -2.08. The molecule has 39 heavy (non-hydrogen) atoms. The lowest BCUT2D eigenvalue weighted by molar-refractivity contribution is -0.124. The molecule has 2 aromatic rings. The summed E-state index contributed by atoms with van der Waals surface area (Å²) in [5.74, 6) is -0.523. The number of carboxylic acid groups (broad SMARTS) is 1. The van der Waals surface area contributed by atoms with Crippen molar-refractivity contribution in [2.75, 3.05) is 11.9 Å². The Morgan fingerprint density at radius 1 is 1.03 bits per heavy atom. The van der Waals surface area contributed by atoms with Gasteiger partial charge in [-0.05, 0) is 80.9 Å². The van der Waals surface area contributed by atoms with E-state index in [0.29, 0.717) is 37.3 Å². The van der Waals surface area contributed by atoms with Gasteiger partial charge in [0.2, 0.25) is 15.9 Å². The van der Waals surface area contributed by atoms with Crippen LogP contribution in [0.4, 0.5) is 5.69 Å². The van der Waals surface area contributed by atoms with Crippen LogP contribution >= 0.6 is 11.3 Å². The van der Waals surface area contributed by atoms with E-state index in [1.165, 1.54) is 21.8 Å². The topological polar surface area (TPSA) is 108 Å². The van der Waals surface area contributed by atoms with Crippen LogP contribution in [-0.4, -0.2) is 53.8 Å². The van der Waals surface area contributed by atoms with Gasteiger partial charge in [-0.1, -0.05) is 27.7 Å². The molecule has 214 valence electrons. The first kappa shape index (κ1) is 29.7. The van der Waals surface area contributed by atoms with E-state index in [4.69, 9.17) is 0 Å². The summed E-state index contributed by atoms with van der Waals surface area (Å²) in [5, 5.41) is 10.1. The Bertz CT molecular complexity index is 1270. The number of carboxylic acids is 1. The van der Waals surface area contributed by atoms with Gasteiger partial charge in [0.25, 0.3) is 0 Å². The largest absolute Gasteiger partial charge is 0.477 e. The summed E-state index contributed by atoms with van der Waals surface area (Å²) < 4.78 is 27.8. The van der Waals surface area contributed by atoms with Crippen LogP contribution in [0.2, 0.25) is 0 Å². The number of hydrogen-bond donors (Lipinski definition) is 1. The molecule has 2 heterocycles. The van der Waals surface area contributed by atoms with Crippen LogP contribution in [0.1, 0.15) is 93.6 Å². The Morgan fingerprint density at radius 2 is 1.64 bits per heavy atom. The Kier molecular flexibility index (Phi) is 8.88. The molecular formula is C29H41N3O5S2. The maximum absolute atomic E-state index is 14.1. The van der Waals surface area contributed by atoms with E-state index >= 15 is 0 Å². The predicted octanol–water partition coefficient (Wildman–Crippen LogP) is 5.93. The zero-order valence-corrected chi connectivity index (χ0v) is 25.2. The minimum absolute atomic E-state index is 0.0162. The van der Waals surface area contributed by atoms with Gasteiger partial charge < -0.3 is 10.0 Å². The van der Waals surface area contributed by atoms with E-state index in [-0.39, 0.29) is 39.1 Å². The highest BCUT2D eigenvalue weighted by molar-refractivity contribution is 7.89. The molecule has 8 nitrogen and oxygen atoms in total. The molecule has 0 atom stereocenters. The normalized spacial score (nSPS) is 24.5. The molecule has 2 fully saturated rings. The van der Waals surface area contributed by atoms with Gasteiger partial charge in [-0.25, -0.2) is 13.2 Å². The molecule has 1 amide bonds. The summed E-state index contributed by atoms with van der Waals surface area (Å²) >= 11 is 1.25. The van der Waals surface area contributed by atoms with Crippen molar-refractivity contribution in [3.05, 3.63) is 40.3 Å². The zero-order valence-electron chi connectivity index (χ0n) is 23.6. The number of pyridine rings is 1. The zero-order chi connectivity index (χ0) is 28.5. The second-order valence-electron chi connectivity index (χ2n) is 12.2. The highest BCUT2D eigenvalue weighted by Gasteiger charge is 2.40. The van der Waals surface area contributed by atoms with Crippen molar-refractivity contribution in [2.24, 2.45) is 11.8 Å². The van der Waals surface area contributed by atoms with Gasteiger partial charge in [0.1, 0.15) is 9.77 Å². The standard InChI is InChI=1S/C29H41N3O5S2/c1-19-8-10-20(11-9-19)27(33)32(24-17-25(29(2,3)4)38-26(24)28(34)35)22-14-12-21(13-15-22)31(5)39(36,37)23-7-6-16-30-18-23/h6-7,16-22H,8-15H2,1-5H3,(H,34,35)/t19-,20-,21-,22-. The van der Waals surface area contributed by atoms with E-state index in [0.717, 1.165) is 30.6 Å². The molecule has 0 spiro atoms. The van der Waals surface area contributed by atoms with Crippen LogP contribution in [0.25, 0.3) is 0 Å². The number of thiophene rings is 1. The third kappa shape index (κ3) is 6.38. The van der Waals surface area contributed by atoms with Crippen LogP contribution in [0.5, 0.6) is 0 Å². The minimum atomic E-state index is -3.68. The average Bonchev–Trinajstić information content (AvgIpc) is 3.36. The molecule has 0 aromatic carbocycles. The van der Waals surface area contributed by atoms with Crippen LogP contribution in [-0.2, 0) is 20.2 Å². The molecule has 10 heteroatoms. The summed E-state index contributed by atoms with van der Waals surface area (Å²) in [6, 6.07) is 4.68. The molecule has 0 saturated heterocycles. The third-order valence-electron chi connectivity index (χ3n) is 8.36. The van der Waals surface area contributed by atoms with Crippen molar-refractivity contribution in [1.82, 2.24) is 9.29 Å². The fourth-order valence-corrected chi connectivity index (χ4v) is 8.25. The van der Waals surface area contributed by atoms with Crippen molar-refractivity contribution in [2.45, 2.75) is 101 Å². The summed E-state index contributed by atoms with van der Waals surface area (Å²) in [4.78, 5) is 33.5. The number of rotatable bonds is 7. The Morgan fingerprint density at radius 3 is 2.18 bits per heavy atom. The molecular weight excluding hydrogens is 534 g/mol. The second-order valence-corrected chi connectivity index (χ2v) is 15.3. The maximum atomic E-state index is 14.1. The van der Waals surface area contributed by atoms with Gasteiger partial charge in [0.05, 0.1) is 5.69 Å². The van der Waals surface area contributed by atoms with Crippen LogP contribution < -0.4 is 4.90 Å². The highest BCUT2D eigenvalue weighted by atomic mass is 32.2. The van der Waals surface area contributed by atoms with Gasteiger partial charge in [-0.2, -0.15) is 4.31 Å². The number of aromatic carboxylic acids is 1. The van der Waals surface area contributed by atoms with Crippen molar-refractivity contribution < 1.29 is 23.1 Å². The molecule has 0 bridgehead atoms. The van der Waals surface area contributed by atoms with Gasteiger partial charge in [0, 0.05) is 42.3 Å². The fraction of sp³-hybridized carbons (Fsp3) is 0.621. The number of carbonyl (C=O) groups is 2. The Hall–Kier alpha value is -2.30. The fourth-order valence-electron chi connectivity index (χ4n) is 5.82. The number of anilines is 1. The van der Waals surface area contributed by atoms with E-state index in [1.54, 1.807) is 30.3 Å². The van der Waals surface area contributed by atoms with Crippen molar-refractivity contribution in [1.29, 1.82) is 0 Å². The van der Waals surface area contributed by atoms with Gasteiger partial charge in [0.15, 0.2) is 0 Å². The summed E-state index contributed by atoms with van der Waals surface area (Å²) in [6.45, 7) is 8.36. The van der Waals surface area contributed by atoms with Gasteiger partial charge >= 0.3 is 5.97 Å². The number of amides is 1. The SMILES string of the molecule is CN([C@H]1CC[C@H](N(c2cc(C(C)(C)C)sc2C(=O)O)C(=O)[C@H]2CC[C@H](C)CC2)CC1)S(=O)(=O)c1cccnc1. The van der Waals surface area contributed by atoms with E-state index in [9.17, 15) is 23.1 Å². The lowest BCUT2D eigenvalue weighted by Crippen LogP contribution is -2.49. The lowest BCUT2D eigenvalue weighted by atomic mass is 9.81. The minimum Gasteiger partial charge on any atom is -0.477 e. The van der Waals surface area contributed by atoms with Crippen LogP contribution in [0, 0.1) is 11.8 Å². The number of hydrogen-bond acceptors (Lipinski definition) is 6. The van der Waals surface area contributed by atoms with Crippen molar-refractivity contribution in [3.8, 4) is 0 Å². The van der Waals surface area contributed by atoms with E-state index in [1.807, 2.05) is 26.8 Å². The predicted molar refractivity (Wildman–Crippen MR) is 154 cm³/mol. The molecule has 2 aromatic heterocycles. The maximum Gasteiger partial charge on any atom is 0.348 e. The first-order valence-electron chi connectivity index (χ1n) is 13.9. The highest BCUT2D eigenvalue weighted by Crippen LogP contribution is 2.42. The number of aromatic nitrogens is 1. The summed E-state index contributed by atoms with van der Waals surface area (Å²) in [6.07, 6.45) is 8.91. The Labute approximate surface area is 236 Å². The van der Waals surface area contributed by atoms with Crippen molar-refractivity contribution >= 4 is 38.9 Å². The smallest absolute Gasteiger partial charge is 0.348 e. The number of nitrogens with zero attached hydrogens (tertiary/aromatic N) is 3. The third-order valence-corrected chi connectivity index (χ3v) is 11.8. The van der Waals surface area contributed by atoms with Gasteiger partial charge in [-0.3, -0.25) is 9.78 Å². The Balaban J connectivity index is 1.62. The summed E-state index contributed by atoms with van der Waals surface area (Å²) in [5.41, 5.74) is 0.254. The molecule has 4 rings (SSSR count). The molecule has 2 saturated carbocycles. The molecule has 0 radical (unpaired) electrons. The molecule has 0 aliphatic heterocycles. The molecule has 2 aliphatic rings. The van der Waals surface area contributed by atoms with Gasteiger partial charge in [-0.15, -0.1) is 11.3 Å². The first-order valence-corrected chi connectivity index (χ1v) is 16.1. The molecule has 0 unspecified atom stereocenters. The molecule has 1 N–H and O–H groups in total. The first-order chi connectivity index (χ1) is 18.3. The van der Waals surface area contributed by atoms with Crippen LogP contribution in [0.15, 0.2) is 35.5 Å². The average molecular weight is 576 g/mol. The van der Waals surface area contributed by atoms with Crippen molar-refractivity contribution in [3.63, 3.8) is 0 Å². The molecule has 2 aliphatic carbocycles. The van der Waals surface area contributed by atoms with Crippen LogP contribution in [0.3, 0.4) is 0 Å². The lowest BCUT2D eigenvalue weighted by Gasteiger charge is -2.41. The number of sulfonamides is 1. The monoisotopic (exact) mass is 575 g/mol. The number of carbonyl (C=O) groups excluding carboxylic acids is 1. The quantitative estimate of drug-likeness (QED) is 0.438. The van der Waals surface area contributed by atoms with E-state index < -0.39 is 16.0 Å².